The van der Waals surface area contributed by atoms with E-state index in [2.05, 4.69) is 27.2 Å². The molecule has 1 amide bonds. The molecule has 1 aliphatic rings. The SMILES string of the molecule is COCCN1CCN(CC(=O)Nc2cc(C(C)C)no2)C[C@@H]1C. The minimum absolute atomic E-state index is 0.0611. The summed E-state index contributed by atoms with van der Waals surface area (Å²) in [6, 6.07) is 2.21. The second-order valence-corrected chi connectivity index (χ2v) is 6.43. The number of piperazine rings is 1. The van der Waals surface area contributed by atoms with Gasteiger partial charge in [0.25, 0.3) is 0 Å². The van der Waals surface area contributed by atoms with Crippen molar-refractivity contribution in [1.29, 1.82) is 0 Å². The van der Waals surface area contributed by atoms with Crippen LogP contribution in [0, 0.1) is 0 Å². The Bertz CT molecular complexity index is 503. The third-order valence-corrected chi connectivity index (χ3v) is 4.18. The van der Waals surface area contributed by atoms with Crippen LogP contribution in [-0.2, 0) is 9.53 Å². The van der Waals surface area contributed by atoms with Crippen LogP contribution in [0.5, 0.6) is 0 Å². The number of carbonyl (C=O) groups excluding carboxylic acids is 1. The Morgan fingerprint density at radius 1 is 1.52 bits per heavy atom. The first-order chi connectivity index (χ1) is 11.0. The first-order valence-corrected chi connectivity index (χ1v) is 8.21. The van der Waals surface area contributed by atoms with Gasteiger partial charge in [-0.2, -0.15) is 0 Å². The van der Waals surface area contributed by atoms with Crippen molar-refractivity contribution in [2.24, 2.45) is 0 Å². The van der Waals surface area contributed by atoms with Gasteiger partial charge in [-0.25, -0.2) is 0 Å². The lowest BCUT2D eigenvalue weighted by Gasteiger charge is -2.39. The van der Waals surface area contributed by atoms with Gasteiger partial charge in [0.1, 0.15) is 0 Å². The molecule has 130 valence electrons. The van der Waals surface area contributed by atoms with E-state index in [0.29, 0.717) is 18.5 Å². The number of methoxy groups -OCH3 is 1. The molecule has 0 radical (unpaired) electrons. The van der Waals surface area contributed by atoms with Crippen LogP contribution in [-0.4, -0.2) is 73.3 Å². The number of amides is 1. The summed E-state index contributed by atoms with van der Waals surface area (Å²) in [4.78, 5) is 16.7. The average Bonchev–Trinajstić information content (AvgIpc) is 2.95. The molecule has 1 aliphatic heterocycles. The zero-order valence-electron chi connectivity index (χ0n) is 14.5. The minimum Gasteiger partial charge on any atom is -0.383 e. The van der Waals surface area contributed by atoms with Crippen molar-refractivity contribution < 1.29 is 14.1 Å². The lowest BCUT2D eigenvalue weighted by molar-refractivity contribution is -0.118. The van der Waals surface area contributed by atoms with E-state index in [9.17, 15) is 4.79 Å². The molecule has 1 aromatic heterocycles. The van der Waals surface area contributed by atoms with Gasteiger partial charge in [-0.3, -0.25) is 19.9 Å². The summed E-state index contributed by atoms with van der Waals surface area (Å²) in [7, 11) is 1.72. The van der Waals surface area contributed by atoms with Crippen LogP contribution in [0.3, 0.4) is 0 Å². The Kier molecular flexibility index (Phi) is 6.56. The number of nitrogens with one attached hydrogen (secondary N) is 1. The number of nitrogens with zero attached hydrogens (tertiary/aromatic N) is 3. The Balaban J connectivity index is 1.77. The van der Waals surface area contributed by atoms with Crippen molar-refractivity contribution in [3.05, 3.63) is 11.8 Å². The first kappa shape index (κ1) is 17.9. The van der Waals surface area contributed by atoms with Crippen LogP contribution in [0.4, 0.5) is 5.88 Å². The van der Waals surface area contributed by atoms with Gasteiger partial charge in [0.15, 0.2) is 0 Å². The number of aromatic nitrogens is 1. The smallest absolute Gasteiger partial charge is 0.240 e. The first-order valence-electron chi connectivity index (χ1n) is 8.21. The summed E-state index contributed by atoms with van der Waals surface area (Å²) in [6.07, 6.45) is 0. The van der Waals surface area contributed by atoms with Crippen molar-refractivity contribution >= 4 is 11.8 Å². The third-order valence-electron chi connectivity index (χ3n) is 4.18. The second kappa shape index (κ2) is 8.42. The summed E-state index contributed by atoms with van der Waals surface area (Å²) in [5.41, 5.74) is 0.848. The summed E-state index contributed by atoms with van der Waals surface area (Å²) < 4.78 is 10.3. The molecular weight excluding hydrogens is 296 g/mol. The van der Waals surface area contributed by atoms with Gasteiger partial charge in [0.05, 0.1) is 18.8 Å². The maximum Gasteiger partial charge on any atom is 0.240 e. The summed E-state index contributed by atoms with van der Waals surface area (Å²) >= 11 is 0. The molecule has 23 heavy (non-hydrogen) atoms. The van der Waals surface area contributed by atoms with Gasteiger partial charge in [-0.15, -0.1) is 0 Å². The number of carbonyl (C=O) groups is 1. The van der Waals surface area contributed by atoms with Crippen LogP contribution in [0.25, 0.3) is 0 Å². The maximum atomic E-state index is 12.1. The minimum atomic E-state index is -0.0611. The number of hydrogen-bond donors (Lipinski definition) is 1. The van der Waals surface area contributed by atoms with E-state index in [1.54, 1.807) is 13.2 Å². The van der Waals surface area contributed by atoms with Crippen LogP contribution in [0.15, 0.2) is 10.6 Å². The fraction of sp³-hybridized carbons (Fsp3) is 0.750. The molecule has 0 spiro atoms. The molecule has 2 heterocycles. The zero-order chi connectivity index (χ0) is 16.8. The Labute approximate surface area is 137 Å². The molecule has 0 aromatic carbocycles. The Hall–Kier alpha value is -1.44. The third kappa shape index (κ3) is 5.30. The molecule has 1 N–H and O–H groups in total. The number of rotatable bonds is 7. The largest absolute Gasteiger partial charge is 0.383 e. The lowest BCUT2D eigenvalue weighted by Crippen LogP contribution is -2.54. The van der Waals surface area contributed by atoms with E-state index in [4.69, 9.17) is 9.26 Å². The number of hydrogen-bond acceptors (Lipinski definition) is 6. The molecule has 1 aromatic rings. The van der Waals surface area contributed by atoms with Crippen molar-refractivity contribution in [2.45, 2.75) is 32.7 Å². The normalized spacial score (nSPS) is 20.1. The fourth-order valence-corrected chi connectivity index (χ4v) is 2.75. The highest BCUT2D eigenvalue weighted by Crippen LogP contribution is 2.17. The molecule has 1 atom stereocenters. The second-order valence-electron chi connectivity index (χ2n) is 6.43. The highest BCUT2D eigenvalue weighted by Gasteiger charge is 2.24. The van der Waals surface area contributed by atoms with Gasteiger partial charge >= 0.3 is 0 Å². The van der Waals surface area contributed by atoms with E-state index in [0.717, 1.165) is 38.5 Å². The highest BCUT2D eigenvalue weighted by atomic mass is 16.5. The van der Waals surface area contributed by atoms with Gasteiger partial charge in [-0.05, 0) is 12.8 Å². The van der Waals surface area contributed by atoms with E-state index in [1.165, 1.54) is 0 Å². The van der Waals surface area contributed by atoms with Crippen molar-refractivity contribution in [1.82, 2.24) is 15.0 Å². The predicted molar refractivity (Wildman–Crippen MR) is 88.6 cm³/mol. The monoisotopic (exact) mass is 324 g/mol. The van der Waals surface area contributed by atoms with Gasteiger partial charge in [0.2, 0.25) is 11.8 Å². The number of ether oxygens (including phenoxy) is 1. The highest BCUT2D eigenvalue weighted by molar-refractivity contribution is 5.91. The Morgan fingerprint density at radius 2 is 2.30 bits per heavy atom. The van der Waals surface area contributed by atoms with Crippen LogP contribution in [0.1, 0.15) is 32.4 Å². The molecule has 7 heteroatoms. The lowest BCUT2D eigenvalue weighted by atomic mass is 10.1. The molecule has 0 unspecified atom stereocenters. The maximum absolute atomic E-state index is 12.1. The quantitative estimate of drug-likeness (QED) is 0.817. The summed E-state index contributed by atoms with van der Waals surface area (Å²) in [5.74, 6) is 0.643. The summed E-state index contributed by atoms with van der Waals surface area (Å²) in [6.45, 7) is 11.0. The van der Waals surface area contributed by atoms with Crippen molar-refractivity contribution in [2.75, 3.05) is 51.8 Å². The summed E-state index contributed by atoms with van der Waals surface area (Å²) in [5, 5.41) is 6.73. The van der Waals surface area contributed by atoms with Gasteiger partial charge in [0, 0.05) is 45.4 Å². The van der Waals surface area contributed by atoms with E-state index < -0.39 is 0 Å². The zero-order valence-corrected chi connectivity index (χ0v) is 14.5. The van der Waals surface area contributed by atoms with E-state index >= 15 is 0 Å². The van der Waals surface area contributed by atoms with E-state index in [-0.39, 0.29) is 11.8 Å². The van der Waals surface area contributed by atoms with Gasteiger partial charge in [-0.1, -0.05) is 19.0 Å². The van der Waals surface area contributed by atoms with E-state index in [1.807, 2.05) is 13.8 Å². The Morgan fingerprint density at radius 3 is 2.91 bits per heavy atom. The topological polar surface area (TPSA) is 70.8 Å². The fourth-order valence-electron chi connectivity index (χ4n) is 2.75. The molecule has 1 fully saturated rings. The molecule has 1 saturated heterocycles. The molecule has 2 rings (SSSR count). The predicted octanol–water partition coefficient (Wildman–Crippen LogP) is 1.39. The molecule has 7 nitrogen and oxygen atoms in total. The van der Waals surface area contributed by atoms with Gasteiger partial charge < -0.3 is 9.26 Å². The molecule has 0 bridgehead atoms. The number of anilines is 1. The van der Waals surface area contributed by atoms with Crippen molar-refractivity contribution in [3.63, 3.8) is 0 Å². The average molecular weight is 324 g/mol. The molecule has 0 saturated carbocycles. The van der Waals surface area contributed by atoms with Crippen molar-refractivity contribution in [3.8, 4) is 0 Å². The van der Waals surface area contributed by atoms with Crippen LogP contribution < -0.4 is 5.32 Å². The van der Waals surface area contributed by atoms with Crippen LogP contribution in [0.2, 0.25) is 0 Å². The molecular formula is C16H28N4O3. The van der Waals surface area contributed by atoms with Crippen LogP contribution >= 0.6 is 0 Å². The molecule has 0 aliphatic carbocycles. The standard InChI is InChI=1S/C16H28N4O3/c1-12(2)14-9-16(23-18-14)17-15(21)11-19-5-6-20(7-8-22-4)13(3)10-19/h9,12-13H,5-8,10-11H2,1-4H3,(H,17,21)/t13-/m0/s1.